The summed E-state index contributed by atoms with van der Waals surface area (Å²) in [5.41, 5.74) is 23.0. The van der Waals surface area contributed by atoms with Crippen LogP contribution < -0.4 is 16.8 Å². The van der Waals surface area contributed by atoms with Crippen molar-refractivity contribution in [3.05, 3.63) is 146 Å². The molecule has 0 unspecified atom stereocenters. The quantitative estimate of drug-likeness (QED) is 0.151. The standard InChI is InChI=1S/C15H22N2.2C12H17N3.C11H16N4O.C11H16N4.C10H16N2O2/c1-8(2)17-13(7)16-14-11(5)9(3)10(4)12(6)15(14)17;1-7(2)10-6-15(5)12-8(3)13-9(4)14-11(10)12;1-7(2)15-10(5)14-12-9(4)13-8(3)6-11(12)15;1-6(2)15-8(4)12-9-10(15)13-7(3)14(5)11(9)16;1-6(2)9-10-11(15(5)14-9)7(3)12-8(4)13-10;1-6(2)12-8(4)7(3)9(13)11(5)10(12)14/h8H,1-7H3;2*6-7H,1-5H3;6H,1-5H3;6H,1-5H3;6H,1-5H3. The lowest BCUT2D eigenvalue weighted by Gasteiger charge is -2.16. The number of fused-ring (bicyclic) bond motifs is 5. The average molecular weight is 1260 g/mol. The molecule has 0 spiro atoms. The molecule has 0 aliphatic carbocycles. The van der Waals surface area contributed by atoms with Crippen LogP contribution in [-0.4, -0.2) is 86.6 Å². The number of nitrogens with zero attached hydrogens (tertiary/aromatic N) is 18. The van der Waals surface area contributed by atoms with Crippen LogP contribution in [0.25, 0.3) is 55.3 Å². The molecular weight excluding hydrogens is 1150 g/mol. The van der Waals surface area contributed by atoms with Crippen molar-refractivity contribution in [2.45, 2.75) is 230 Å². The molecule has 10 aromatic heterocycles. The summed E-state index contributed by atoms with van der Waals surface area (Å²) < 4.78 is 14.9. The molecule has 0 aliphatic rings. The highest BCUT2D eigenvalue weighted by Gasteiger charge is 2.21. The average Bonchev–Trinajstić information content (AvgIpc) is 1.56. The van der Waals surface area contributed by atoms with E-state index in [0.717, 1.165) is 95.4 Å². The van der Waals surface area contributed by atoms with Crippen LogP contribution in [0.5, 0.6) is 0 Å². The number of aryl methyl sites for hydroxylation is 14. The SMILES string of the molecule is Cc1c(C)c(C)c2c(nc(C)n2C(C)C)c1C.Cc1c(C)n(C(C)C)c(=O)n(C)c1=O.Cc1cc2c(nc(C)n2C(C)C)c(C)n1.Cc1nc(C)c2c(n1)c(C(C)C)cn2C.Cc1nc(C)c2c(n1)c(C(C)C)nn2C.Cc1nc2c(nc(C)n2C(C)C)c(=O)n1C. The molecule has 0 aliphatic heterocycles. The number of rotatable bonds is 6. The Labute approximate surface area is 543 Å². The number of pyridine rings is 1. The van der Waals surface area contributed by atoms with Crippen LogP contribution in [0, 0.1) is 111 Å². The van der Waals surface area contributed by atoms with Gasteiger partial charge >= 0.3 is 5.69 Å². The van der Waals surface area contributed by atoms with Gasteiger partial charge in [0.2, 0.25) is 0 Å². The molecule has 1 aromatic carbocycles. The molecule has 0 saturated heterocycles. The largest absolute Gasteiger partial charge is 0.347 e. The van der Waals surface area contributed by atoms with Gasteiger partial charge in [-0.3, -0.25) is 33.0 Å². The fourth-order valence-corrected chi connectivity index (χ4v) is 12.4. The Balaban J connectivity index is 0.000000176. The topological polar surface area (TPSA) is 220 Å². The highest BCUT2D eigenvalue weighted by molar-refractivity contribution is 5.86. The lowest BCUT2D eigenvalue weighted by molar-refractivity contribution is 0.514. The van der Waals surface area contributed by atoms with Crippen molar-refractivity contribution in [3.63, 3.8) is 0 Å². The molecule has 0 atom stereocenters. The van der Waals surface area contributed by atoms with Crippen molar-refractivity contribution >= 4 is 55.3 Å². The zero-order chi connectivity index (χ0) is 69.5. The van der Waals surface area contributed by atoms with Gasteiger partial charge in [0.15, 0.2) is 11.2 Å². The summed E-state index contributed by atoms with van der Waals surface area (Å²) in [5.74, 6) is 6.29. The van der Waals surface area contributed by atoms with Gasteiger partial charge in [0.1, 0.15) is 51.5 Å². The molecule has 11 aromatic rings. The molecule has 0 N–H and O–H groups in total. The smallest absolute Gasteiger partial charge is 0.331 e. The molecule has 10 heterocycles. The second kappa shape index (κ2) is 28.6. The Hall–Kier alpha value is -8.49. The Morgan fingerprint density at radius 1 is 0.380 bits per heavy atom. The fraction of sp³-hybridized carbons (Fsp3) is 0.535. The Kier molecular flexibility index (Phi) is 22.5. The van der Waals surface area contributed by atoms with Crippen LogP contribution in [0.4, 0.5) is 0 Å². The van der Waals surface area contributed by atoms with Crippen LogP contribution in [0.1, 0.15) is 222 Å². The van der Waals surface area contributed by atoms with E-state index in [1.54, 1.807) is 25.5 Å². The summed E-state index contributed by atoms with van der Waals surface area (Å²) in [6.45, 7) is 57.6. The van der Waals surface area contributed by atoms with Crippen LogP contribution >= 0.6 is 0 Å². The van der Waals surface area contributed by atoms with Crippen LogP contribution in [0.3, 0.4) is 0 Å². The first-order valence-corrected chi connectivity index (χ1v) is 32.1. The number of imidazole rings is 3. The van der Waals surface area contributed by atoms with E-state index in [9.17, 15) is 14.4 Å². The molecule has 0 saturated carbocycles. The van der Waals surface area contributed by atoms with E-state index in [1.165, 1.54) is 56.0 Å². The van der Waals surface area contributed by atoms with Crippen molar-refractivity contribution in [2.75, 3.05) is 0 Å². The third-order valence-corrected chi connectivity index (χ3v) is 17.3. The highest BCUT2D eigenvalue weighted by atomic mass is 16.2. The van der Waals surface area contributed by atoms with Gasteiger partial charge in [0, 0.05) is 75.5 Å². The van der Waals surface area contributed by atoms with Gasteiger partial charge in [0.25, 0.3) is 11.1 Å². The van der Waals surface area contributed by atoms with Gasteiger partial charge in [-0.1, -0.05) is 27.7 Å². The summed E-state index contributed by atoms with van der Waals surface area (Å²) in [6, 6.07) is 3.34. The van der Waals surface area contributed by atoms with E-state index in [0.29, 0.717) is 46.5 Å². The van der Waals surface area contributed by atoms with Gasteiger partial charge in [-0.05, 0) is 212 Å². The lowest BCUT2D eigenvalue weighted by atomic mass is 9.97. The van der Waals surface area contributed by atoms with Crippen LogP contribution in [-0.2, 0) is 28.2 Å². The molecule has 11 rings (SSSR count). The van der Waals surface area contributed by atoms with Crippen molar-refractivity contribution in [2.24, 2.45) is 28.2 Å². The maximum atomic E-state index is 12.0. The van der Waals surface area contributed by atoms with Gasteiger partial charge < -0.3 is 18.3 Å². The second-order valence-electron chi connectivity index (χ2n) is 26.4. The zero-order valence-corrected chi connectivity index (χ0v) is 61.4. The molecule has 0 fully saturated rings. The van der Waals surface area contributed by atoms with Gasteiger partial charge in [-0.2, -0.15) is 5.10 Å². The van der Waals surface area contributed by atoms with Gasteiger partial charge in [-0.25, -0.2) is 44.7 Å². The summed E-state index contributed by atoms with van der Waals surface area (Å²) in [4.78, 5) is 75.6. The van der Waals surface area contributed by atoms with E-state index in [1.807, 2.05) is 85.5 Å². The van der Waals surface area contributed by atoms with Crippen molar-refractivity contribution in [1.82, 2.24) is 86.6 Å². The van der Waals surface area contributed by atoms with E-state index in [4.69, 9.17) is 4.98 Å². The summed E-state index contributed by atoms with van der Waals surface area (Å²) in [6.07, 6.45) is 2.16. The van der Waals surface area contributed by atoms with E-state index >= 15 is 0 Å². The monoisotopic (exact) mass is 1260 g/mol. The molecule has 21 heteroatoms. The highest BCUT2D eigenvalue weighted by Crippen LogP contribution is 2.32. The molecule has 496 valence electrons. The van der Waals surface area contributed by atoms with Crippen LogP contribution in [0.15, 0.2) is 26.6 Å². The van der Waals surface area contributed by atoms with E-state index in [2.05, 4.69) is 189 Å². The minimum Gasteiger partial charge on any atom is -0.347 e. The van der Waals surface area contributed by atoms with Crippen molar-refractivity contribution < 1.29 is 0 Å². The summed E-state index contributed by atoms with van der Waals surface area (Å²) >= 11 is 0. The maximum Gasteiger partial charge on any atom is 0.331 e. The number of hydrogen-bond acceptors (Lipinski definition) is 13. The maximum absolute atomic E-state index is 12.0. The number of benzene rings is 1. The predicted octanol–water partition coefficient (Wildman–Crippen LogP) is 14.0. The van der Waals surface area contributed by atoms with Crippen LogP contribution in [0.2, 0.25) is 0 Å². The Bertz CT molecular complexity index is 4630. The molecule has 0 amide bonds. The molecular formula is C71H104N18O3. The minimum absolute atomic E-state index is 0.0769. The van der Waals surface area contributed by atoms with Gasteiger partial charge in [0.05, 0.1) is 50.4 Å². The number of hydrogen-bond donors (Lipinski definition) is 0. The third-order valence-electron chi connectivity index (χ3n) is 17.3. The van der Waals surface area contributed by atoms with Crippen molar-refractivity contribution in [3.8, 4) is 0 Å². The normalized spacial score (nSPS) is 11.5. The zero-order valence-electron chi connectivity index (χ0n) is 61.4. The number of aromatic nitrogens is 18. The van der Waals surface area contributed by atoms with E-state index in [-0.39, 0.29) is 28.9 Å². The Morgan fingerprint density at radius 3 is 1.40 bits per heavy atom. The molecule has 0 radical (unpaired) electrons. The van der Waals surface area contributed by atoms with Crippen molar-refractivity contribution in [1.29, 1.82) is 0 Å². The minimum atomic E-state index is -0.242. The van der Waals surface area contributed by atoms with Gasteiger partial charge in [-0.15, -0.1) is 0 Å². The fourth-order valence-electron chi connectivity index (χ4n) is 12.4. The molecule has 0 bridgehead atoms. The first-order chi connectivity index (χ1) is 42.7. The molecule has 21 nitrogen and oxygen atoms in total. The summed E-state index contributed by atoms with van der Waals surface area (Å²) in [5, 5.41) is 4.51. The summed E-state index contributed by atoms with van der Waals surface area (Å²) in [7, 11) is 7.23. The van der Waals surface area contributed by atoms with E-state index < -0.39 is 0 Å². The second-order valence-corrected chi connectivity index (χ2v) is 26.4. The first-order valence-electron chi connectivity index (χ1n) is 32.1. The first kappa shape index (κ1) is 72.6. The predicted molar refractivity (Wildman–Crippen MR) is 376 cm³/mol. The molecule has 92 heavy (non-hydrogen) atoms. The Morgan fingerprint density at radius 2 is 0.870 bits per heavy atom. The third kappa shape index (κ3) is 14.4. The lowest BCUT2D eigenvalue weighted by Crippen LogP contribution is -2.41.